The summed E-state index contributed by atoms with van der Waals surface area (Å²) in [4.78, 5) is -3.97. The van der Waals surface area contributed by atoms with Gasteiger partial charge in [0.15, 0.2) is 33.4 Å². The highest BCUT2D eigenvalue weighted by Gasteiger charge is 3.02. The van der Waals surface area contributed by atoms with Crippen LogP contribution in [-0.4, -0.2) is 209 Å². The molecule has 7 rings (SSSR count). The van der Waals surface area contributed by atoms with Crippen LogP contribution in [0.4, 0.5) is 220 Å². The van der Waals surface area contributed by atoms with Gasteiger partial charge in [-0.05, 0) is 136 Å². The minimum Gasteiger partial charge on any atom is -0.746 e. The van der Waals surface area contributed by atoms with Crippen molar-refractivity contribution in [3.8, 4) is 5.75 Å². The predicted molar refractivity (Wildman–Crippen MR) is 388 cm³/mol. The average Bonchev–Trinajstić information content (AvgIpc) is 0.671. The van der Waals surface area contributed by atoms with E-state index in [0.29, 0.717) is 12.1 Å². The number of benzene rings is 7. The van der Waals surface area contributed by atoms with Crippen molar-refractivity contribution in [1.82, 2.24) is 0 Å². The molecule has 1 unspecified atom stereocenters. The lowest BCUT2D eigenvalue weighted by molar-refractivity contribution is -0.492. The SMILES string of the molecule is O=S(=O)([O-])C(F)(F)C(F)(F)C(F)(F)C(F)(F)C(F)(F)C(F)(F)C(F)(F)C(F)(F)C(F)(F)C(F)(F)C(F)(F)C(F)(F)C(F)(F)C(F)(F)C(F)(F)C(F)(F)C(F)(F)F.O=S(=O)([O-])C(O)(C(F)(F)F)C(F)(F)F.O=S(=O)([O-])C(O)C(F)(F)F.O=S(=O)([O-])c1c(F)c(F)c(F)c(F)c1F.O=S(=O)([O-])c1ccc(O)cc1F.[SH2+]c1ccccc1.[SH2+]c1ccccc1.[SH2+]c1ccccc1.[SH2+]c1ccccc1.[SH2+]c1ccccc1. The van der Waals surface area contributed by atoms with E-state index in [4.69, 9.17) is 15.3 Å². The highest BCUT2D eigenvalue weighted by molar-refractivity contribution is 7.87. The van der Waals surface area contributed by atoms with Crippen molar-refractivity contribution in [2.75, 3.05) is 0 Å². The Morgan fingerprint density at radius 1 is 0.254 bits per heavy atom. The zero-order valence-corrected chi connectivity index (χ0v) is 74.2. The Kier molecular flexibility index (Phi) is 46.2. The molecule has 7 aromatic carbocycles. The van der Waals surface area contributed by atoms with Crippen LogP contribution in [0, 0.1) is 34.9 Å². The number of hydrogen-bond donors (Lipinski definition) is 3. The summed E-state index contributed by atoms with van der Waals surface area (Å²) in [7, 11) is -32.0. The third-order valence-corrected chi connectivity index (χ3v) is 21.0. The molecule has 3 N–H and O–H groups in total. The number of hydrogen-bond acceptors (Lipinski definition) is 18. The normalized spacial score (nSPS) is 14.0. The number of phenolic OH excluding ortho intramolecular Hbond substituents is 1. The maximum atomic E-state index is 13.8. The third-order valence-electron chi connectivity index (χ3n) is 14.7. The molecule has 0 bridgehead atoms. The van der Waals surface area contributed by atoms with Gasteiger partial charge in [0.1, 0.15) is 81.4 Å². The van der Waals surface area contributed by atoms with E-state index in [0.717, 1.165) is 30.5 Å². The lowest BCUT2D eigenvalue weighted by Crippen LogP contribution is -2.80. The number of aromatic hydroxyl groups is 1. The van der Waals surface area contributed by atoms with Gasteiger partial charge in [-0.2, -0.15) is 193 Å². The first-order valence-electron chi connectivity index (χ1n) is 32.5. The summed E-state index contributed by atoms with van der Waals surface area (Å²) < 4.78 is 795. The summed E-state index contributed by atoms with van der Waals surface area (Å²) in [5.41, 5.74) is -3.82. The Hall–Kier alpha value is -7.94. The molecule has 142 heavy (non-hydrogen) atoms. The van der Waals surface area contributed by atoms with Crippen LogP contribution < -0.4 is 0 Å². The molecule has 0 saturated heterocycles. The van der Waals surface area contributed by atoms with Crippen LogP contribution in [0.15, 0.2) is 204 Å². The zero-order chi connectivity index (χ0) is 114. The first-order valence-corrected chi connectivity index (χ1v) is 42.1. The van der Waals surface area contributed by atoms with E-state index < -0.39 is 230 Å². The number of rotatable bonds is 20. The third kappa shape index (κ3) is 30.4. The summed E-state index contributed by atoms with van der Waals surface area (Å²) in [5, 5.41) is 15.7. The van der Waals surface area contributed by atoms with Crippen molar-refractivity contribution in [3.05, 3.63) is 205 Å². The second-order valence-electron chi connectivity index (χ2n) is 24.8. The van der Waals surface area contributed by atoms with Crippen LogP contribution in [0.2, 0.25) is 0 Å². The minimum atomic E-state index is -10.4. The Labute approximate surface area is 783 Å². The number of alkyl halides is 44. The van der Waals surface area contributed by atoms with Gasteiger partial charge in [-0.3, -0.25) is 0 Å². The van der Waals surface area contributed by atoms with Crippen molar-refractivity contribution in [2.24, 2.45) is 0 Å². The maximum absolute atomic E-state index is 13.8. The largest absolute Gasteiger partial charge is 0.746 e. The summed E-state index contributed by atoms with van der Waals surface area (Å²) in [6.07, 6.45) is -27.2. The van der Waals surface area contributed by atoms with E-state index >= 15 is 0 Å². The van der Waals surface area contributed by atoms with Crippen molar-refractivity contribution in [3.63, 3.8) is 0 Å². The van der Waals surface area contributed by atoms with Gasteiger partial charge in [0.2, 0.25) is 11.3 Å². The van der Waals surface area contributed by atoms with Gasteiger partial charge in [-0.15, -0.1) is 0 Å². The lowest BCUT2D eigenvalue weighted by Gasteiger charge is -2.47. The number of aliphatic hydroxyl groups is 2. The lowest BCUT2D eigenvalue weighted by atomic mass is 9.82. The molecular weight excluding hydrogens is 2330 g/mol. The molecule has 0 aromatic heterocycles. The fraction of sp³-hybridized carbons (Fsp3) is 0.344. The van der Waals surface area contributed by atoms with Gasteiger partial charge >= 0.3 is 124 Å². The fourth-order valence-electron chi connectivity index (χ4n) is 7.38. The zero-order valence-electron chi connectivity index (χ0n) is 65.1. The van der Waals surface area contributed by atoms with Crippen LogP contribution in [0.25, 0.3) is 0 Å². The topological polar surface area (TPSA) is 347 Å². The van der Waals surface area contributed by atoms with E-state index in [2.05, 4.69) is 63.1 Å². The molecule has 18 nitrogen and oxygen atoms in total. The number of phenols is 1. The van der Waals surface area contributed by atoms with E-state index in [9.17, 15) is 284 Å². The van der Waals surface area contributed by atoms with Crippen molar-refractivity contribution < 1.29 is 300 Å². The summed E-state index contributed by atoms with van der Waals surface area (Å²) in [6, 6.07) is 52.0. The summed E-state index contributed by atoms with van der Waals surface area (Å²) in [5.74, 6) is -164. The molecule has 0 aliphatic heterocycles. The molecular formula is C64H42F50O18S10. The molecule has 7 aromatic rings. The number of aliphatic hydroxyl groups excluding tert-OH is 1. The van der Waals surface area contributed by atoms with Gasteiger partial charge in [0.25, 0.3) is 0 Å². The van der Waals surface area contributed by atoms with Crippen LogP contribution in [0.1, 0.15) is 0 Å². The Morgan fingerprint density at radius 2 is 0.444 bits per heavy atom. The molecule has 0 fully saturated rings. The molecule has 1 atom stereocenters. The molecule has 0 aliphatic rings. The van der Waals surface area contributed by atoms with Crippen LogP contribution in [0.3, 0.4) is 0 Å². The standard InChI is InChI=1S/C17HF35O3S.C6HF5O3S.C6H5FO4S.5C6H6S.C3H2F6O4S.C2H3F3O4S/c18-1(19,2(20,21)4(24,25)6(28,29)8(32,33)10(36,37)12(40,41)14(44,45)16(48,49)50)3(22,23)5(26,27)7(30,31)9(34,35)11(38,39)13(42,43)15(46,47)17(51,52)56(53,54)55;7-1-2(8)4(10)6(15(12,13)14)5(11)3(1)9;7-5-3-4(8)1-2-6(5)12(9,10)11;5*7-6-4-2-1-3-5-6;4-2(5,6)1(10,3(7,8)9)14(11,12)13;3-2(4,5)1(6)10(7,8)9/h(H,53,54,55);(H,12,13,14);1-3,8H,(H,9,10,11);5*1-5,7H;10H,(H,11,12,13);1,6H,(H,7,8,9). The quantitative estimate of drug-likeness (QED) is 0.0210. The van der Waals surface area contributed by atoms with E-state index in [-0.39, 0.29) is 0 Å². The van der Waals surface area contributed by atoms with Crippen LogP contribution in [-0.2, 0) is 114 Å². The number of halogens is 50. The second kappa shape index (κ2) is 47.5. The molecule has 0 aliphatic carbocycles. The average molecular weight is 2370 g/mol. The van der Waals surface area contributed by atoms with Crippen molar-refractivity contribution >= 4 is 114 Å². The molecule has 0 heterocycles. The summed E-state index contributed by atoms with van der Waals surface area (Å²) in [6.45, 7) is 0. The highest BCUT2D eigenvalue weighted by atomic mass is 32.2. The van der Waals surface area contributed by atoms with Gasteiger partial charge in [0, 0.05) is 6.07 Å². The molecule has 0 radical (unpaired) electrons. The van der Waals surface area contributed by atoms with Gasteiger partial charge < -0.3 is 38.1 Å². The van der Waals surface area contributed by atoms with Crippen molar-refractivity contribution in [2.45, 2.75) is 163 Å². The van der Waals surface area contributed by atoms with E-state index in [1.807, 2.05) is 152 Å². The first kappa shape index (κ1) is 138. The van der Waals surface area contributed by atoms with E-state index in [1.54, 1.807) is 0 Å². The van der Waals surface area contributed by atoms with Crippen LogP contribution >= 0.6 is 0 Å². The molecule has 0 spiro atoms. The van der Waals surface area contributed by atoms with Gasteiger partial charge in [-0.1, -0.05) is 91.0 Å². The van der Waals surface area contributed by atoms with Crippen molar-refractivity contribution in [1.29, 1.82) is 0 Å². The monoisotopic (exact) mass is 2370 g/mol. The maximum Gasteiger partial charge on any atom is 0.460 e. The van der Waals surface area contributed by atoms with Gasteiger partial charge in [0.05, 0.1) is 4.90 Å². The highest BCUT2D eigenvalue weighted by Crippen LogP contribution is 2.71. The smallest absolute Gasteiger partial charge is 0.460 e. The first-order chi connectivity index (χ1) is 62.2. The van der Waals surface area contributed by atoms with Gasteiger partial charge in [-0.25, -0.2) is 68.4 Å². The minimum absolute atomic E-state index is 0.431. The summed E-state index contributed by atoms with van der Waals surface area (Å²) >= 11 is 16.8. The molecule has 0 amide bonds. The Bertz CT molecular complexity index is 5600. The molecule has 0 saturated carbocycles. The van der Waals surface area contributed by atoms with E-state index in [1.165, 1.54) is 0 Å². The van der Waals surface area contributed by atoms with Crippen LogP contribution in [0.5, 0.6) is 5.75 Å². The predicted octanol–water partition coefficient (Wildman–Crippen LogP) is 17.0. The molecule has 78 heteroatoms. The second-order valence-corrected chi connectivity index (χ2v) is 34.7. The Balaban J connectivity index is -0.00000178. The molecule has 816 valence electrons. The Morgan fingerprint density at radius 3 is 0.563 bits per heavy atom. The fourth-order valence-corrected chi connectivity index (χ4v) is 10.8.